The van der Waals surface area contributed by atoms with Crippen molar-refractivity contribution in [3.05, 3.63) is 65.5 Å². The number of hydrazone groups is 1. The largest absolute Gasteiger partial charge is 0.489 e. The van der Waals surface area contributed by atoms with Crippen molar-refractivity contribution in [2.75, 3.05) is 54.6 Å². The number of ether oxygens (including phenoxy) is 2. The number of nitrogens with zero attached hydrogens (tertiary/aromatic N) is 6. The molecule has 2 saturated heterocycles. The van der Waals surface area contributed by atoms with E-state index in [9.17, 15) is 4.39 Å². The summed E-state index contributed by atoms with van der Waals surface area (Å²) >= 11 is 0. The molecule has 2 fully saturated rings. The van der Waals surface area contributed by atoms with Crippen LogP contribution < -0.4 is 20.0 Å². The first-order chi connectivity index (χ1) is 17.7. The fraction of sp³-hybridized carbons (Fsp3) is 0.385. The van der Waals surface area contributed by atoms with Crippen molar-refractivity contribution in [2.45, 2.75) is 25.9 Å². The van der Waals surface area contributed by atoms with Gasteiger partial charge in [0.15, 0.2) is 0 Å². The number of halogens is 1. The molecular weight excluding hydrogens is 461 g/mol. The molecule has 3 aromatic rings. The molecule has 2 aliphatic heterocycles. The monoisotopic (exact) mass is 491 g/mol. The molecule has 0 spiro atoms. The number of rotatable bonds is 8. The van der Waals surface area contributed by atoms with E-state index in [1.165, 1.54) is 18.6 Å². The van der Waals surface area contributed by atoms with Crippen LogP contribution in [0.1, 0.15) is 30.4 Å². The zero-order valence-corrected chi connectivity index (χ0v) is 20.1. The summed E-state index contributed by atoms with van der Waals surface area (Å²) in [6.07, 6.45) is 5.23. The SMILES string of the molecule is Fc1ccc(COc2ccc(/C=N/Nc3nc(N4CCCCC4)nc(N4CCOCC4)n3)cc2)cc1. The predicted octanol–water partition coefficient (Wildman–Crippen LogP) is 3.86. The minimum absolute atomic E-state index is 0.256. The zero-order chi connectivity index (χ0) is 24.6. The molecule has 0 bridgehead atoms. The maximum atomic E-state index is 13.0. The van der Waals surface area contributed by atoms with Gasteiger partial charge < -0.3 is 19.3 Å². The number of hydrogen-bond acceptors (Lipinski definition) is 9. The molecule has 2 aliphatic rings. The summed E-state index contributed by atoms with van der Waals surface area (Å²) in [4.78, 5) is 18.3. The molecule has 0 radical (unpaired) electrons. The summed E-state index contributed by atoms with van der Waals surface area (Å²) in [5.41, 5.74) is 4.78. The van der Waals surface area contributed by atoms with Gasteiger partial charge in [-0.05, 0) is 66.8 Å². The number of hydrogen-bond donors (Lipinski definition) is 1. The number of piperidine rings is 1. The number of morpholine rings is 1. The van der Waals surface area contributed by atoms with Gasteiger partial charge in [-0.1, -0.05) is 12.1 Å². The van der Waals surface area contributed by atoms with Gasteiger partial charge in [0.25, 0.3) is 0 Å². The third kappa shape index (κ3) is 6.45. The second kappa shape index (κ2) is 11.8. The van der Waals surface area contributed by atoms with Gasteiger partial charge in [-0.3, -0.25) is 0 Å². The molecule has 0 amide bonds. The molecule has 9 nitrogen and oxygen atoms in total. The third-order valence-corrected chi connectivity index (χ3v) is 6.12. The molecule has 188 valence electrons. The van der Waals surface area contributed by atoms with Crippen LogP contribution in [-0.2, 0) is 11.3 Å². The molecular formula is C26H30FN7O2. The van der Waals surface area contributed by atoms with Crippen LogP contribution in [0.2, 0.25) is 0 Å². The summed E-state index contributed by atoms with van der Waals surface area (Å²) < 4.78 is 24.3. The van der Waals surface area contributed by atoms with Crippen LogP contribution in [0.3, 0.4) is 0 Å². The topological polar surface area (TPSA) is 88.0 Å². The lowest BCUT2D eigenvalue weighted by Gasteiger charge is -2.30. The highest BCUT2D eigenvalue weighted by atomic mass is 19.1. The van der Waals surface area contributed by atoms with Crippen LogP contribution >= 0.6 is 0 Å². The van der Waals surface area contributed by atoms with Gasteiger partial charge in [0.2, 0.25) is 17.8 Å². The van der Waals surface area contributed by atoms with E-state index in [1.807, 2.05) is 24.3 Å². The Bertz CT molecular complexity index is 1110. The van der Waals surface area contributed by atoms with Crippen LogP contribution in [0.5, 0.6) is 5.75 Å². The highest BCUT2D eigenvalue weighted by Gasteiger charge is 2.20. The first kappa shape index (κ1) is 23.9. The second-order valence-corrected chi connectivity index (χ2v) is 8.76. The fourth-order valence-corrected chi connectivity index (χ4v) is 4.11. The summed E-state index contributed by atoms with van der Waals surface area (Å²) in [7, 11) is 0. The number of aromatic nitrogens is 3. The van der Waals surface area contributed by atoms with Crippen molar-refractivity contribution >= 4 is 24.1 Å². The Morgan fingerprint density at radius 3 is 2.22 bits per heavy atom. The van der Waals surface area contributed by atoms with Crippen molar-refractivity contribution in [2.24, 2.45) is 5.10 Å². The Morgan fingerprint density at radius 1 is 0.861 bits per heavy atom. The maximum absolute atomic E-state index is 13.0. The van der Waals surface area contributed by atoms with Crippen LogP contribution in [0.4, 0.5) is 22.2 Å². The van der Waals surface area contributed by atoms with Crippen molar-refractivity contribution in [1.29, 1.82) is 0 Å². The number of benzene rings is 2. The standard InChI is InChI=1S/C26H30FN7O2/c27-22-8-4-21(5-9-22)19-36-23-10-6-20(7-11-23)18-28-32-24-29-25(33-12-2-1-3-13-33)31-26(30-24)34-14-16-35-17-15-34/h4-11,18H,1-3,12-17,19H2,(H,29,30,31,32)/b28-18+. The Morgan fingerprint density at radius 2 is 1.53 bits per heavy atom. The van der Waals surface area contributed by atoms with Gasteiger partial charge in [0, 0.05) is 26.2 Å². The maximum Gasteiger partial charge on any atom is 0.250 e. The minimum Gasteiger partial charge on any atom is -0.489 e. The average Bonchev–Trinajstić information content (AvgIpc) is 2.94. The lowest BCUT2D eigenvalue weighted by Crippen LogP contribution is -2.38. The van der Waals surface area contributed by atoms with E-state index in [0.717, 1.165) is 55.9 Å². The number of anilines is 3. The molecule has 1 N–H and O–H groups in total. The van der Waals surface area contributed by atoms with Crippen molar-refractivity contribution < 1.29 is 13.9 Å². The molecule has 3 heterocycles. The van der Waals surface area contributed by atoms with E-state index in [2.05, 4.69) is 30.3 Å². The van der Waals surface area contributed by atoms with Crippen molar-refractivity contribution in [3.8, 4) is 5.75 Å². The molecule has 0 unspecified atom stereocenters. The van der Waals surface area contributed by atoms with E-state index in [1.54, 1.807) is 18.3 Å². The molecule has 10 heteroatoms. The average molecular weight is 492 g/mol. The summed E-state index contributed by atoms with van der Waals surface area (Å²) in [5, 5.41) is 4.35. The van der Waals surface area contributed by atoms with E-state index < -0.39 is 0 Å². The normalized spacial score (nSPS) is 16.4. The van der Waals surface area contributed by atoms with Crippen molar-refractivity contribution in [1.82, 2.24) is 15.0 Å². The minimum atomic E-state index is -0.256. The summed E-state index contributed by atoms with van der Waals surface area (Å²) in [6.45, 7) is 5.10. The lowest BCUT2D eigenvalue weighted by atomic mass is 10.1. The van der Waals surface area contributed by atoms with Gasteiger partial charge in [-0.2, -0.15) is 20.1 Å². The fourth-order valence-electron chi connectivity index (χ4n) is 4.11. The summed E-state index contributed by atoms with van der Waals surface area (Å²) in [6, 6.07) is 13.9. The first-order valence-corrected chi connectivity index (χ1v) is 12.3. The van der Waals surface area contributed by atoms with Crippen LogP contribution in [-0.4, -0.2) is 60.6 Å². The Balaban J connectivity index is 1.23. The first-order valence-electron chi connectivity index (χ1n) is 12.3. The molecule has 0 atom stereocenters. The Hall–Kier alpha value is -3.79. The third-order valence-electron chi connectivity index (χ3n) is 6.12. The van der Waals surface area contributed by atoms with E-state index >= 15 is 0 Å². The number of nitrogens with one attached hydrogen (secondary N) is 1. The van der Waals surface area contributed by atoms with Gasteiger partial charge in [-0.25, -0.2) is 9.82 Å². The molecule has 1 aromatic heterocycles. The summed E-state index contributed by atoms with van der Waals surface area (Å²) in [5.74, 6) is 2.22. The van der Waals surface area contributed by atoms with Gasteiger partial charge >= 0.3 is 0 Å². The van der Waals surface area contributed by atoms with Gasteiger partial charge in [-0.15, -0.1) is 0 Å². The predicted molar refractivity (Wildman–Crippen MR) is 137 cm³/mol. The molecule has 2 aromatic carbocycles. The highest BCUT2D eigenvalue weighted by molar-refractivity contribution is 5.80. The van der Waals surface area contributed by atoms with Gasteiger partial charge in [0.05, 0.1) is 19.4 Å². The highest BCUT2D eigenvalue weighted by Crippen LogP contribution is 2.21. The second-order valence-electron chi connectivity index (χ2n) is 8.76. The van der Waals surface area contributed by atoms with E-state index in [0.29, 0.717) is 37.7 Å². The molecule has 36 heavy (non-hydrogen) atoms. The van der Waals surface area contributed by atoms with Crippen LogP contribution in [0.25, 0.3) is 0 Å². The Kier molecular flexibility index (Phi) is 7.82. The Labute approximate surface area is 210 Å². The molecule has 0 saturated carbocycles. The zero-order valence-electron chi connectivity index (χ0n) is 20.1. The molecule has 5 rings (SSSR count). The van der Waals surface area contributed by atoms with E-state index in [-0.39, 0.29) is 5.82 Å². The van der Waals surface area contributed by atoms with Crippen molar-refractivity contribution in [3.63, 3.8) is 0 Å². The molecule has 0 aliphatic carbocycles. The smallest absolute Gasteiger partial charge is 0.250 e. The van der Waals surface area contributed by atoms with E-state index in [4.69, 9.17) is 14.5 Å². The van der Waals surface area contributed by atoms with Crippen LogP contribution in [0, 0.1) is 5.82 Å². The lowest BCUT2D eigenvalue weighted by molar-refractivity contribution is 0.122. The van der Waals surface area contributed by atoms with Gasteiger partial charge in [0.1, 0.15) is 18.2 Å². The van der Waals surface area contributed by atoms with Crippen LogP contribution in [0.15, 0.2) is 53.6 Å². The quantitative estimate of drug-likeness (QED) is 0.375.